The van der Waals surface area contributed by atoms with Crippen LogP contribution in [0.1, 0.15) is 30.4 Å². The highest BCUT2D eigenvalue weighted by Crippen LogP contribution is 2.28. The lowest BCUT2D eigenvalue weighted by Gasteiger charge is -2.11. The summed E-state index contributed by atoms with van der Waals surface area (Å²) in [5, 5.41) is -0.579. The minimum atomic E-state index is -0.579. The van der Waals surface area contributed by atoms with E-state index >= 15 is 0 Å². The summed E-state index contributed by atoms with van der Waals surface area (Å²) < 4.78 is 5.24. The predicted octanol–water partition coefficient (Wildman–Crippen LogP) is 3.13. The minimum Gasteiger partial charge on any atom is -0.496 e. The van der Waals surface area contributed by atoms with Gasteiger partial charge in [-0.25, -0.2) is 0 Å². The molecule has 2 nitrogen and oxygen atoms in total. The second-order valence-corrected chi connectivity index (χ2v) is 3.83. The minimum absolute atomic E-state index is 0.0528. The number of rotatable bonds is 4. The van der Waals surface area contributed by atoms with Crippen molar-refractivity contribution in [2.24, 2.45) is 0 Å². The summed E-state index contributed by atoms with van der Waals surface area (Å²) in [4.78, 5) is 11.1. The molecule has 0 bridgehead atoms. The van der Waals surface area contributed by atoms with Crippen LogP contribution >= 0.6 is 11.6 Å². The lowest BCUT2D eigenvalue weighted by Crippen LogP contribution is -2.02. The van der Waals surface area contributed by atoms with E-state index in [0.717, 1.165) is 23.3 Å². The van der Waals surface area contributed by atoms with Crippen LogP contribution in [-0.2, 0) is 11.2 Å². The summed E-state index contributed by atoms with van der Waals surface area (Å²) in [6.07, 6.45) is 0.899. The topological polar surface area (TPSA) is 26.3 Å². The van der Waals surface area contributed by atoms with Crippen molar-refractivity contribution in [1.29, 1.82) is 0 Å². The molecular weight excluding hydrogens is 212 g/mol. The summed E-state index contributed by atoms with van der Waals surface area (Å²) in [6.45, 7) is 3.54. The molecule has 1 aromatic carbocycles. The SMILES string of the molecule is CCc1ccc(C(Cl)C(C)=O)cc1OC. The first-order valence-corrected chi connectivity index (χ1v) is 5.35. The Kier molecular flexibility index (Phi) is 4.15. The number of methoxy groups -OCH3 is 1. The van der Waals surface area contributed by atoms with Gasteiger partial charge in [-0.2, -0.15) is 0 Å². The molecule has 0 spiro atoms. The largest absolute Gasteiger partial charge is 0.496 e. The molecule has 1 rings (SSSR count). The highest BCUT2D eigenvalue weighted by atomic mass is 35.5. The number of carbonyl (C=O) groups excluding carboxylic acids is 1. The first-order valence-electron chi connectivity index (χ1n) is 4.91. The number of halogens is 1. The third-order valence-electron chi connectivity index (χ3n) is 2.34. The van der Waals surface area contributed by atoms with Gasteiger partial charge in [0.05, 0.1) is 7.11 Å². The molecule has 15 heavy (non-hydrogen) atoms. The smallest absolute Gasteiger partial charge is 0.152 e. The first-order chi connectivity index (χ1) is 7.10. The molecule has 0 fully saturated rings. The quantitative estimate of drug-likeness (QED) is 0.738. The summed E-state index contributed by atoms with van der Waals surface area (Å²) in [6, 6.07) is 5.66. The molecule has 0 amide bonds. The average molecular weight is 227 g/mol. The Morgan fingerprint density at radius 3 is 2.67 bits per heavy atom. The predicted molar refractivity (Wildman–Crippen MR) is 61.6 cm³/mol. The maximum Gasteiger partial charge on any atom is 0.152 e. The molecule has 0 N–H and O–H groups in total. The van der Waals surface area contributed by atoms with Crippen LogP contribution < -0.4 is 4.74 Å². The Balaban J connectivity index is 3.07. The van der Waals surface area contributed by atoms with E-state index in [1.54, 1.807) is 7.11 Å². The van der Waals surface area contributed by atoms with Crippen molar-refractivity contribution in [2.75, 3.05) is 7.11 Å². The van der Waals surface area contributed by atoms with Gasteiger partial charge in [0.25, 0.3) is 0 Å². The normalized spacial score (nSPS) is 12.3. The molecule has 82 valence electrons. The number of Topliss-reactive ketones (excluding diaryl/α,β-unsaturated/α-hetero) is 1. The van der Waals surface area contributed by atoms with Gasteiger partial charge in [-0.05, 0) is 30.5 Å². The number of ether oxygens (including phenoxy) is 1. The molecule has 1 aromatic rings. The van der Waals surface area contributed by atoms with Crippen LogP contribution in [0.2, 0.25) is 0 Å². The highest BCUT2D eigenvalue weighted by Gasteiger charge is 2.14. The van der Waals surface area contributed by atoms with Crippen molar-refractivity contribution in [1.82, 2.24) is 0 Å². The molecule has 0 aliphatic rings. The van der Waals surface area contributed by atoms with Gasteiger partial charge in [-0.3, -0.25) is 4.79 Å². The van der Waals surface area contributed by atoms with E-state index < -0.39 is 5.38 Å². The lowest BCUT2D eigenvalue weighted by atomic mass is 10.0. The standard InChI is InChI=1S/C12H15ClO2/c1-4-9-5-6-10(7-11(9)15-3)12(13)8(2)14/h5-7,12H,4H2,1-3H3. The number of aryl methyl sites for hydroxylation is 1. The molecular formula is C12H15ClO2. The molecule has 3 heteroatoms. The van der Waals surface area contributed by atoms with Crippen molar-refractivity contribution in [2.45, 2.75) is 25.6 Å². The lowest BCUT2D eigenvalue weighted by molar-refractivity contribution is -0.116. The van der Waals surface area contributed by atoms with Crippen molar-refractivity contribution in [3.63, 3.8) is 0 Å². The van der Waals surface area contributed by atoms with Crippen LogP contribution in [0.3, 0.4) is 0 Å². The maximum absolute atomic E-state index is 11.1. The van der Waals surface area contributed by atoms with Gasteiger partial charge in [0, 0.05) is 0 Å². The number of hydrogen-bond donors (Lipinski definition) is 0. The van der Waals surface area contributed by atoms with E-state index in [1.165, 1.54) is 6.92 Å². The zero-order valence-electron chi connectivity index (χ0n) is 9.21. The van der Waals surface area contributed by atoms with Gasteiger partial charge < -0.3 is 4.74 Å². The Morgan fingerprint density at radius 2 is 2.20 bits per heavy atom. The third kappa shape index (κ3) is 2.72. The van der Waals surface area contributed by atoms with Crippen molar-refractivity contribution in [3.05, 3.63) is 29.3 Å². The van der Waals surface area contributed by atoms with E-state index in [1.807, 2.05) is 18.2 Å². The van der Waals surface area contributed by atoms with Crippen LogP contribution in [0.15, 0.2) is 18.2 Å². The average Bonchev–Trinajstić information content (AvgIpc) is 2.26. The molecule has 0 aliphatic carbocycles. The second kappa shape index (κ2) is 5.17. The van der Waals surface area contributed by atoms with Crippen LogP contribution in [0.25, 0.3) is 0 Å². The Hall–Kier alpha value is -1.02. The molecule has 0 saturated carbocycles. The third-order valence-corrected chi connectivity index (χ3v) is 2.90. The Labute approximate surface area is 95.2 Å². The molecule has 0 heterocycles. The molecule has 0 radical (unpaired) electrons. The van der Waals surface area contributed by atoms with Gasteiger partial charge in [0.1, 0.15) is 11.1 Å². The summed E-state index contributed by atoms with van der Waals surface area (Å²) >= 11 is 5.96. The van der Waals surface area contributed by atoms with Gasteiger partial charge in [0.2, 0.25) is 0 Å². The maximum atomic E-state index is 11.1. The van der Waals surface area contributed by atoms with E-state index in [0.29, 0.717) is 0 Å². The zero-order valence-corrected chi connectivity index (χ0v) is 9.97. The number of alkyl halides is 1. The fourth-order valence-corrected chi connectivity index (χ4v) is 1.58. The summed E-state index contributed by atoms with van der Waals surface area (Å²) in [5.41, 5.74) is 1.91. The van der Waals surface area contributed by atoms with Gasteiger partial charge in [0.15, 0.2) is 5.78 Å². The van der Waals surface area contributed by atoms with E-state index in [-0.39, 0.29) is 5.78 Å². The highest BCUT2D eigenvalue weighted by molar-refractivity contribution is 6.30. The fourth-order valence-electron chi connectivity index (χ4n) is 1.45. The van der Waals surface area contributed by atoms with Gasteiger partial charge in [-0.1, -0.05) is 19.1 Å². The van der Waals surface area contributed by atoms with E-state index in [2.05, 4.69) is 6.92 Å². The van der Waals surface area contributed by atoms with E-state index in [4.69, 9.17) is 16.3 Å². The number of ketones is 1. The fraction of sp³-hybridized carbons (Fsp3) is 0.417. The van der Waals surface area contributed by atoms with Crippen molar-refractivity contribution >= 4 is 17.4 Å². The number of benzene rings is 1. The molecule has 0 saturated heterocycles. The Bertz CT molecular complexity index is 361. The van der Waals surface area contributed by atoms with E-state index in [9.17, 15) is 4.79 Å². The zero-order chi connectivity index (χ0) is 11.4. The summed E-state index contributed by atoms with van der Waals surface area (Å²) in [5.74, 6) is 0.741. The van der Waals surface area contributed by atoms with Crippen molar-refractivity contribution < 1.29 is 9.53 Å². The Morgan fingerprint density at radius 1 is 1.53 bits per heavy atom. The van der Waals surface area contributed by atoms with Crippen LogP contribution in [0.5, 0.6) is 5.75 Å². The molecule has 1 atom stereocenters. The van der Waals surface area contributed by atoms with Gasteiger partial charge in [-0.15, -0.1) is 11.6 Å². The molecule has 0 aromatic heterocycles. The van der Waals surface area contributed by atoms with Crippen LogP contribution in [0, 0.1) is 0 Å². The number of hydrogen-bond acceptors (Lipinski definition) is 2. The van der Waals surface area contributed by atoms with Crippen molar-refractivity contribution in [3.8, 4) is 5.75 Å². The van der Waals surface area contributed by atoms with Crippen LogP contribution in [-0.4, -0.2) is 12.9 Å². The van der Waals surface area contributed by atoms with Gasteiger partial charge >= 0.3 is 0 Å². The monoisotopic (exact) mass is 226 g/mol. The summed E-state index contributed by atoms with van der Waals surface area (Å²) in [7, 11) is 1.62. The first kappa shape index (κ1) is 12.1. The van der Waals surface area contributed by atoms with Crippen LogP contribution in [0.4, 0.5) is 0 Å². The molecule has 1 unspecified atom stereocenters. The number of carbonyl (C=O) groups is 1. The molecule has 0 aliphatic heterocycles. The second-order valence-electron chi connectivity index (χ2n) is 3.40.